The van der Waals surface area contributed by atoms with Gasteiger partial charge in [-0.25, -0.2) is 0 Å². The topological polar surface area (TPSA) is 18.5 Å². The van der Waals surface area contributed by atoms with Gasteiger partial charge in [-0.2, -0.15) is 12.6 Å². The number of thiol groups is 1. The third kappa shape index (κ3) is 5.35. The van der Waals surface area contributed by atoms with E-state index >= 15 is 0 Å². The summed E-state index contributed by atoms with van der Waals surface area (Å²) >= 11 is 4.21. The molecule has 0 aliphatic carbocycles. The van der Waals surface area contributed by atoms with Crippen LogP contribution in [0.3, 0.4) is 0 Å². The molecular formula is C16H26O2S. The van der Waals surface area contributed by atoms with Crippen molar-refractivity contribution in [2.24, 2.45) is 0 Å². The molecule has 0 radical (unpaired) electrons. The molecule has 0 heterocycles. The molecule has 0 bridgehead atoms. The van der Waals surface area contributed by atoms with Crippen LogP contribution in [0.2, 0.25) is 0 Å². The number of unbranched alkanes of at least 4 members (excludes halogenated alkanes) is 2. The molecule has 0 saturated heterocycles. The summed E-state index contributed by atoms with van der Waals surface area (Å²) < 4.78 is 11.2. The van der Waals surface area contributed by atoms with Crippen molar-refractivity contribution in [2.45, 2.75) is 45.4 Å². The molecule has 0 saturated carbocycles. The molecule has 108 valence electrons. The Morgan fingerprint density at radius 2 is 1.84 bits per heavy atom. The van der Waals surface area contributed by atoms with Crippen LogP contribution in [0, 0.1) is 0 Å². The van der Waals surface area contributed by atoms with Crippen LogP contribution in [0.1, 0.15) is 45.6 Å². The van der Waals surface area contributed by atoms with E-state index in [2.05, 4.69) is 39.5 Å². The van der Waals surface area contributed by atoms with Gasteiger partial charge in [0.15, 0.2) is 0 Å². The number of hydrogen-bond acceptors (Lipinski definition) is 3. The first-order valence-corrected chi connectivity index (χ1v) is 7.54. The molecule has 0 fully saturated rings. The Bertz CT molecular complexity index is 383. The monoisotopic (exact) mass is 282 g/mol. The summed E-state index contributed by atoms with van der Waals surface area (Å²) in [6, 6.07) is 6.04. The zero-order chi connectivity index (χ0) is 14.3. The standard InChI is InChI=1S/C16H26O2S/c1-16(2,3)14-12-13(17-4)8-9-15(14)18-10-6-5-7-11-19/h8-9,12,19H,5-7,10-11H2,1-4H3. The maximum atomic E-state index is 5.93. The molecule has 0 aliphatic rings. The van der Waals surface area contributed by atoms with E-state index in [0.717, 1.165) is 36.7 Å². The number of methoxy groups -OCH3 is 1. The number of benzene rings is 1. The molecule has 0 atom stereocenters. The fraction of sp³-hybridized carbons (Fsp3) is 0.625. The normalized spacial score (nSPS) is 11.4. The van der Waals surface area contributed by atoms with E-state index in [1.165, 1.54) is 12.0 Å². The van der Waals surface area contributed by atoms with E-state index in [0.29, 0.717) is 0 Å². The summed E-state index contributed by atoms with van der Waals surface area (Å²) in [5, 5.41) is 0. The first-order valence-electron chi connectivity index (χ1n) is 6.91. The molecular weight excluding hydrogens is 256 g/mol. The van der Waals surface area contributed by atoms with E-state index in [-0.39, 0.29) is 5.41 Å². The van der Waals surface area contributed by atoms with Gasteiger partial charge in [0, 0.05) is 5.56 Å². The fourth-order valence-electron chi connectivity index (χ4n) is 1.92. The van der Waals surface area contributed by atoms with Crippen molar-refractivity contribution in [3.8, 4) is 11.5 Å². The summed E-state index contributed by atoms with van der Waals surface area (Å²) in [6.07, 6.45) is 3.40. The van der Waals surface area contributed by atoms with Gasteiger partial charge in [-0.1, -0.05) is 20.8 Å². The van der Waals surface area contributed by atoms with Crippen molar-refractivity contribution in [3.05, 3.63) is 23.8 Å². The van der Waals surface area contributed by atoms with Crippen LogP contribution < -0.4 is 9.47 Å². The zero-order valence-corrected chi connectivity index (χ0v) is 13.4. The first kappa shape index (κ1) is 16.2. The van der Waals surface area contributed by atoms with Crippen LogP contribution in [0.4, 0.5) is 0 Å². The van der Waals surface area contributed by atoms with Crippen molar-refractivity contribution in [3.63, 3.8) is 0 Å². The molecule has 1 aromatic carbocycles. The van der Waals surface area contributed by atoms with Crippen LogP contribution in [-0.2, 0) is 5.41 Å². The predicted octanol–water partition coefficient (Wildman–Crippen LogP) is 4.47. The van der Waals surface area contributed by atoms with Gasteiger partial charge >= 0.3 is 0 Å². The second kappa shape index (κ2) is 7.68. The van der Waals surface area contributed by atoms with Crippen LogP contribution in [-0.4, -0.2) is 19.5 Å². The Hall–Kier alpha value is -0.830. The predicted molar refractivity (Wildman–Crippen MR) is 84.9 cm³/mol. The van der Waals surface area contributed by atoms with Crippen molar-refractivity contribution >= 4 is 12.6 Å². The van der Waals surface area contributed by atoms with Crippen LogP contribution in [0.5, 0.6) is 11.5 Å². The molecule has 2 nitrogen and oxygen atoms in total. The summed E-state index contributed by atoms with van der Waals surface area (Å²) in [4.78, 5) is 0. The van der Waals surface area contributed by atoms with E-state index < -0.39 is 0 Å². The van der Waals surface area contributed by atoms with E-state index in [9.17, 15) is 0 Å². The number of hydrogen-bond donors (Lipinski definition) is 1. The highest BCUT2D eigenvalue weighted by atomic mass is 32.1. The highest BCUT2D eigenvalue weighted by Gasteiger charge is 2.19. The zero-order valence-electron chi connectivity index (χ0n) is 12.5. The van der Waals surface area contributed by atoms with Gasteiger partial charge in [0.05, 0.1) is 13.7 Å². The maximum Gasteiger partial charge on any atom is 0.123 e. The molecule has 0 amide bonds. The summed E-state index contributed by atoms with van der Waals surface area (Å²) in [5.74, 6) is 2.81. The van der Waals surface area contributed by atoms with Crippen LogP contribution in [0.25, 0.3) is 0 Å². The van der Waals surface area contributed by atoms with Gasteiger partial charge in [0.2, 0.25) is 0 Å². The van der Waals surface area contributed by atoms with E-state index in [1.807, 2.05) is 12.1 Å². The van der Waals surface area contributed by atoms with Gasteiger partial charge in [-0.3, -0.25) is 0 Å². The van der Waals surface area contributed by atoms with Gasteiger partial charge in [-0.05, 0) is 48.6 Å². The lowest BCUT2D eigenvalue weighted by molar-refractivity contribution is 0.297. The molecule has 0 aliphatic heterocycles. The largest absolute Gasteiger partial charge is 0.497 e. The number of rotatable bonds is 7. The van der Waals surface area contributed by atoms with Crippen molar-refractivity contribution in [2.75, 3.05) is 19.5 Å². The van der Waals surface area contributed by atoms with Gasteiger partial charge in [-0.15, -0.1) is 0 Å². The minimum Gasteiger partial charge on any atom is -0.497 e. The second-order valence-electron chi connectivity index (χ2n) is 5.74. The molecule has 0 unspecified atom stereocenters. The van der Waals surface area contributed by atoms with Crippen molar-refractivity contribution < 1.29 is 9.47 Å². The maximum absolute atomic E-state index is 5.93. The molecule has 0 N–H and O–H groups in total. The smallest absolute Gasteiger partial charge is 0.123 e. The molecule has 1 aromatic rings. The Morgan fingerprint density at radius 1 is 1.11 bits per heavy atom. The molecule has 1 rings (SSSR count). The minimum atomic E-state index is 0.0506. The molecule has 0 spiro atoms. The Morgan fingerprint density at radius 3 is 2.42 bits per heavy atom. The average molecular weight is 282 g/mol. The lowest BCUT2D eigenvalue weighted by Gasteiger charge is -2.23. The Labute approximate surface area is 122 Å². The van der Waals surface area contributed by atoms with Gasteiger partial charge in [0.25, 0.3) is 0 Å². The van der Waals surface area contributed by atoms with Crippen molar-refractivity contribution in [1.82, 2.24) is 0 Å². The third-order valence-corrected chi connectivity index (χ3v) is 3.37. The Balaban J connectivity index is 2.71. The lowest BCUT2D eigenvalue weighted by atomic mass is 9.86. The van der Waals surface area contributed by atoms with Crippen molar-refractivity contribution in [1.29, 1.82) is 0 Å². The first-order chi connectivity index (χ1) is 8.99. The Kier molecular flexibility index (Phi) is 6.56. The third-order valence-electron chi connectivity index (χ3n) is 3.05. The molecule has 19 heavy (non-hydrogen) atoms. The highest BCUT2D eigenvalue weighted by Crippen LogP contribution is 2.34. The quantitative estimate of drug-likeness (QED) is 0.587. The van der Waals surface area contributed by atoms with Crippen LogP contribution in [0.15, 0.2) is 18.2 Å². The highest BCUT2D eigenvalue weighted by molar-refractivity contribution is 7.80. The van der Waals surface area contributed by atoms with E-state index in [1.54, 1.807) is 7.11 Å². The summed E-state index contributed by atoms with van der Waals surface area (Å²) in [6.45, 7) is 7.34. The second-order valence-corrected chi connectivity index (χ2v) is 6.19. The SMILES string of the molecule is COc1ccc(OCCCCCS)c(C(C)(C)C)c1. The van der Waals surface area contributed by atoms with Gasteiger partial charge in [0.1, 0.15) is 11.5 Å². The van der Waals surface area contributed by atoms with E-state index in [4.69, 9.17) is 9.47 Å². The average Bonchev–Trinajstić information content (AvgIpc) is 2.37. The van der Waals surface area contributed by atoms with Gasteiger partial charge < -0.3 is 9.47 Å². The number of ether oxygens (including phenoxy) is 2. The summed E-state index contributed by atoms with van der Waals surface area (Å²) in [7, 11) is 1.69. The molecule has 0 aromatic heterocycles. The minimum absolute atomic E-state index is 0.0506. The fourth-order valence-corrected chi connectivity index (χ4v) is 2.14. The molecule has 3 heteroatoms. The summed E-state index contributed by atoms with van der Waals surface area (Å²) in [5.41, 5.74) is 1.25. The van der Waals surface area contributed by atoms with Crippen LogP contribution >= 0.6 is 12.6 Å². The lowest BCUT2D eigenvalue weighted by Crippen LogP contribution is -2.14.